The fraction of sp³-hybridized carbons (Fsp3) is 0.579. The van der Waals surface area contributed by atoms with E-state index < -0.39 is 5.60 Å². The van der Waals surface area contributed by atoms with Gasteiger partial charge in [-0.15, -0.1) is 5.10 Å². The first-order chi connectivity index (χ1) is 11.5. The minimum Gasteiger partial charge on any atom is -0.382 e. The summed E-state index contributed by atoms with van der Waals surface area (Å²) in [6.45, 7) is 8.80. The Balaban J connectivity index is 1.57. The van der Waals surface area contributed by atoms with E-state index in [1.807, 2.05) is 10.9 Å². The van der Waals surface area contributed by atoms with E-state index in [0.29, 0.717) is 12.2 Å². The summed E-state index contributed by atoms with van der Waals surface area (Å²) in [5.74, 6) is 0. The number of hydrogen-bond donors (Lipinski definition) is 1. The quantitative estimate of drug-likeness (QED) is 0.885. The summed E-state index contributed by atoms with van der Waals surface area (Å²) in [4.78, 5) is 2.32. The van der Waals surface area contributed by atoms with Crippen molar-refractivity contribution in [2.75, 3.05) is 19.6 Å². The Labute approximate surface area is 144 Å². The SMILES string of the molecule is CCc1ccc(CCN2CCC(O)(c3cn(C(C)C)nn3)C2)cc1. The summed E-state index contributed by atoms with van der Waals surface area (Å²) in [5.41, 5.74) is 2.57. The molecule has 1 aliphatic heterocycles. The molecule has 1 aromatic heterocycles. The van der Waals surface area contributed by atoms with Crippen LogP contribution in [0.25, 0.3) is 0 Å². The largest absolute Gasteiger partial charge is 0.382 e. The first kappa shape index (κ1) is 17.1. The molecule has 1 N–H and O–H groups in total. The molecule has 0 saturated carbocycles. The zero-order chi connectivity index (χ0) is 17.2. The number of rotatable bonds is 6. The van der Waals surface area contributed by atoms with Gasteiger partial charge in [0, 0.05) is 25.7 Å². The Bertz CT molecular complexity index is 664. The molecule has 2 aromatic rings. The molecule has 0 radical (unpaired) electrons. The molecule has 130 valence electrons. The van der Waals surface area contributed by atoms with Crippen LogP contribution in [0, 0.1) is 0 Å². The Hall–Kier alpha value is -1.72. The Morgan fingerprint density at radius 2 is 1.92 bits per heavy atom. The summed E-state index contributed by atoms with van der Waals surface area (Å²) >= 11 is 0. The molecule has 1 saturated heterocycles. The number of aromatic nitrogens is 3. The zero-order valence-electron chi connectivity index (χ0n) is 14.9. The number of likely N-dealkylation sites (tertiary alicyclic amines) is 1. The summed E-state index contributed by atoms with van der Waals surface area (Å²) in [7, 11) is 0. The molecule has 1 atom stereocenters. The van der Waals surface area contributed by atoms with Gasteiger partial charge >= 0.3 is 0 Å². The van der Waals surface area contributed by atoms with Gasteiger partial charge < -0.3 is 5.11 Å². The van der Waals surface area contributed by atoms with Crippen molar-refractivity contribution in [3.63, 3.8) is 0 Å². The van der Waals surface area contributed by atoms with Gasteiger partial charge in [-0.1, -0.05) is 36.4 Å². The molecule has 0 spiro atoms. The molecule has 1 fully saturated rings. The maximum absolute atomic E-state index is 10.9. The molecule has 0 aliphatic carbocycles. The summed E-state index contributed by atoms with van der Waals surface area (Å²) in [6.07, 6.45) is 4.70. The lowest BCUT2D eigenvalue weighted by Crippen LogP contribution is -2.32. The highest BCUT2D eigenvalue weighted by molar-refractivity contribution is 5.22. The third-order valence-electron chi connectivity index (χ3n) is 4.99. The fourth-order valence-electron chi connectivity index (χ4n) is 3.24. The topological polar surface area (TPSA) is 54.2 Å². The highest BCUT2D eigenvalue weighted by atomic mass is 16.3. The van der Waals surface area contributed by atoms with Crippen molar-refractivity contribution in [1.82, 2.24) is 19.9 Å². The molecule has 3 rings (SSSR count). The van der Waals surface area contributed by atoms with Crippen LogP contribution < -0.4 is 0 Å². The van der Waals surface area contributed by atoms with Crippen LogP contribution in [0.4, 0.5) is 0 Å². The van der Waals surface area contributed by atoms with Crippen molar-refractivity contribution >= 4 is 0 Å². The van der Waals surface area contributed by atoms with Gasteiger partial charge in [0.05, 0.1) is 6.20 Å². The molecule has 24 heavy (non-hydrogen) atoms. The third-order valence-corrected chi connectivity index (χ3v) is 4.99. The Morgan fingerprint density at radius 3 is 2.54 bits per heavy atom. The van der Waals surface area contributed by atoms with Crippen molar-refractivity contribution in [3.05, 3.63) is 47.3 Å². The van der Waals surface area contributed by atoms with Crippen molar-refractivity contribution < 1.29 is 5.11 Å². The normalized spacial score (nSPS) is 21.7. The van der Waals surface area contributed by atoms with Crippen LogP contribution in [0.15, 0.2) is 30.5 Å². The molecule has 5 heteroatoms. The highest BCUT2D eigenvalue weighted by Crippen LogP contribution is 2.30. The lowest BCUT2D eigenvalue weighted by Gasteiger charge is -2.21. The minimum atomic E-state index is -0.862. The molecular weight excluding hydrogens is 300 g/mol. The lowest BCUT2D eigenvalue weighted by atomic mass is 10.00. The number of aliphatic hydroxyl groups is 1. The van der Waals surface area contributed by atoms with Gasteiger partial charge in [0.15, 0.2) is 0 Å². The minimum absolute atomic E-state index is 0.262. The van der Waals surface area contributed by atoms with E-state index in [1.54, 1.807) is 0 Å². The van der Waals surface area contributed by atoms with Crippen LogP contribution in [-0.4, -0.2) is 44.6 Å². The number of hydrogen-bond acceptors (Lipinski definition) is 4. The van der Waals surface area contributed by atoms with E-state index in [-0.39, 0.29) is 6.04 Å². The second kappa shape index (κ2) is 7.03. The van der Waals surface area contributed by atoms with E-state index in [9.17, 15) is 5.11 Å². The molecular formula is C19H28N4O. The maximum Gasteiger partial charge on any atom is 0.124 e. The van der Waals surface area contributed by atoms with Crippen molar-refractivity contribution in [2.45, 2.75) is 51.7 Å². The predicted octanol–water partition coefficient (Wildman–Crippen LogP) is 2.56. The average molecular weight is 328 g/mol. The van der Waals surface area contributed by atoms with Gasteiger partial charge in [-0.25, -0.2) is 4.68 Å². The van der Waals surface area contributed by atoms with Crippen molar-refractivity contribution in [1.29, 1.82) is 0 Å². The van der Waals surface area contributed by atoms with Gasteiger partial charge in [-0.05, 0) is 44.2 Å². The smallest absolute Gasteiger partial charge is 0.124 e. The summed E-state index contributed by atoms with van der Waals surface area (Å²) in [6, 6.07) is 9.11. The molecule has 1 aliphatic rings. The number of nitrogens with zero attached hydrogens (tertiary/aromatic N) is 4. The van der Waals surface area contributed by atoms with Crippen LogP contribution in [0.1, 0.15) is 50.1 Å². The van der Waals surface area contributed by atoms with E-state index in [2.05, 4.69) is 60.2 Å². The van der Waals surface area contributed by atoms with Gasteiger partial charge in [0.2, 0.25) is 0 Å². The van der Waals surface area contributed by atoms with Crippen LogP contribution >= 0.6 is 0 Å². The maximum atomic E-state index is 10.9. The number of benzene rings is 1. The van der Waals surface area contributed by atoms with Gasteiger partial charge in [-0.3, -0.25) is 4.90 Å². The van der Waals surface area contributed by atoms with Gasteiger partial charge in [-0.2, -0.15) is 0 Å². The number of aryl methyl sites for hydroxylation is 1. The predicted molar refractivity (Wildman–Crippen MR) is 94.9 cm³/mol. The molecule has 0 bridgehead atoms. The van der Waals surface area contributed by atoms with E-state index in [4.69, 9.17) is 0 Å². The standard InChI is InChI=1S/C19H28N4O/c1-4-16-5-7-17(8-6-16)9-11-22-12-10-19(24,14-22)18-13-23(15(2)3)21-20-18/h5-8,13,15,24H,4,9-12,14H2,1-3H3. The van der Waals surface area contributed by atoms with E-state index >= 15 is 0 Å². The highest BCUT2D eigenvalue weighted by Gasteiger charge is 2.39. The second-order valence-corrected chi connectivity index (χ2v) is 7.16. The first-order valence-corrected chi connectivity index (χ1v) is 8.95. The van der Waals surface area contributed by atoms with Crippen LogP contribution in [0.5, 0.6) is 0 Å². The molecule has 5 nitrogen and oxygen atoms in total. The molecule has 1 unspecified atom stereocenters. The van der Waals surface area contributed by atoms with E-state index in [0.717, 1.165) is 32.4 Å². The summed E-state index contributed by atoms with van der Waals surface area (Å²) in [5, 5.41) is 19.3. The average Bonchev–Trinajstić information content (AvgIpc) is 3.21. The first-order valence-electron chi connectivity index (χ1n) is 8.95. The second-order valence-electron chi connectivity index (χ2n) is 7.16. The fourth-order valence-corrected chi connectivity index (χ4v) is 3.24. The van der Waals surface area contributed by atoms with Gasteiger partial charge in [0.1, 0.15) is 11.3 Å². The lowest BCUT2D eigenvalue weighted by molar-refractivity contribution is 0.0418. The Morgan fingerprint density at radius 1 is 1.21 bits per heavy atom. The third kappa shape index (κ3) is 3.68. The van der Waals surface area contributed by atoms with Crippen LogP contribution in [0.3, 0.4) is 0 Å². The number of β-amino-alcohol motifs (C(OH)–C–C–N with tert-alkyl or cyclic N) is 1. The van der Waals surface area contributed by atoms with Crippen molar-refractivity contribution in [3.8, 4) is 0 Å². The van der Waals surface area contributed by atoms with E-state index in [1.165, 1.54) is 11.1 Å². The van der Waals surface area contributed by atoms with Crippen molar-refractivity contribution in [2.24, 2.45) is 0 Å². The zero-order valence-corrected chi connectivity index (χ0v) is 14.9. The van der Waals surface area contributed by atoms with Crippen LogP contribution in [0.2, 0.25) is 0 Å². The molecule has 2 heterocycles. The molecule has 0 amide bonds. The monoisotopic (exact) mass is 328 g/mol. The summed E-state index contributed by atoms with van der Waals surface area (Å²) < 4.78 is 1.81. The Kier molecular flexibility index (Phi) is 5.01. The van der Waals surface area contributed by atoms with Gasteiger partial charge in [0.25, 0.3) is 0 Å². The van der Waals surface area contributed by atoms with Crippen LogP contribution in [-0.2, 0) is 18.4 Å². The molecule has 1 aromatic carbocycles.